The van der Waals surface area contributed by atoms with Gasteiger partial charge in [-0.2, -0.15) is 0 Å². The molecule has 0 aliphatic heterocycles. The first-order valence-electron chi connectivity index (χ1n) is 7.70. The molecule has 3 N–H and O–H groups in total. The first-order valence-corrected chi connectivity index (χ1v) is 8.08. The average molecular weight is 331 g/mol. The molecular weight excluding hydrogens is 312 g/mol. The average Bonchev–Trinajstić information content (AvgIpc) is 2.55. The predicted molar refractivity (Wildman–Crippen MR) is 91.8 cm³/mol. The van der Waals surface area contributed by atoms with E-state index in [9.17, 15) is 9.90 Å². The molecule has 4 nitrogen and oxygen atoms in total. The minimum Gasteiger partial charge on any atom is -0.393 e. The van der Waals surface area contributed by atoms with Gasteiger partial charge >= 0.3 is 6.03 Å². The van der Waals surface area contributed by atoms with Crippen LogP contribution in [-0.2, 0) is 19.4 Å². The monoisotopic (exact) mass is 330 g/mol. The van der Waals surface area contributed by atoms with Crippen LogP contribution in [0.4, 0.5) is 10.5 Å². The molecule has 0 aromatic heterocycles. The Morgan fingerprint density at radius 3 is 2.78 bits per heavy atom. The zero-order valence-corrected chi connectivity index (χ0v) is 13.4. The van der Waals surface area contributed by atoms with E-state index in [1.165, 1.54) is 5.56 Å². The number of carbonyl (C=O) groups excluding carboxylic acids is 1. The van der Waals surface area contributed by atoms with Gasteiger partial charge in [-0.1, -0.05) is 35.9 Å². The number of fused-ring (bicyclic) bond motifs is 1. The number of carbonyl (C=O) groups is 1. The first-order chi connectivity index (χ1) is 11.1. The molecule has 0 heterocycles. The second-order valence-corrected chi connectivity index (χ2v) is 6.21. The van der Waals surface area contributed by atoms with E-state index >= 15 is 0 Å². The smallest absolute Gasteiger partial charge is 0.319 e. The number of nitrogens with one attached hydrogen (secondary N) is 2. The number of halogens is 1. The van der Waals surface area contributed by atoms with Crippen molar-refractivity contribution in [2.75, 3.05) is 5.32 Å². The standard InChI is InChI=1S/C18H19ClN2O2/c19-14-7-4-12(5-8-14)11-20-18(23)21-17-3-1-2-13-6-9-15(22)10-16(13)17/h1-5,7-8,15,22H,6,9-11H2,(H2,20,21,23). The third-order valence-corrected chi connectivity index (χ3v) is 4.33. The van der Waals surface area contributed by atoms with Gasteiger partial charge in [0, 0.05) is 23.7 Å². The van der Waals surface area contributed by atoms with Gasteiger partial charge in [0.1, 0.15) is 0 Å². The molecule has 5 heteroatoms. The lowest BCUT2D eigenvalue weighted by atomic mass is 9.88. The number of urea groups is 1. The maximum Gasteiger partial charge on any atom is 0.319 e. The van der Waals surface area contributed by atoms with Crippen molar-refractivity contribution in [3.8, 4) is 0 Å². The van der Waals surface area contributed by atoms with E-state index in [0.717, 1.165) is 29.7 Å². The van der Waals surface area contributed by atoms with Crippen molar-refractivity contribution in [2.45, 2.75) is 31.9 Å². The third-order valence-electron chi connectivity index (χ3n) is 4.07. The van der Waals surface area contributed by atoms with Crippen LogP contribution in [0.3, 0.4) is 0 Å². The fourth-order valence-electron chi connectivity index (χ4n) is 2.84. The van der Waals surface area contributed by atoms with Crippen molar-refractivity contribution in [2.24, 2.45) is 0 Å². The van der Waals surface area contributed by atoms with E-state index in [2.05, 4.69) is 16.7 Å². The molecule has 2 aromatic rings. The molecule has 23 heavy (non-hydrogen) atoms. The van der Waals surface area contributed by atoms with Crippen molar-refractivity contribution < 1.29 is 9.90 Å². The number of aryl methyl sites for hydroxylation is 1. The fraction of sp³-hybridized carbons (Fsp3) is 0.278. The van der Waals surface area contributed by atoms with Crippen LogP contribution in [0.25, 0.3) is 0 Å². The number of hydrogen-bond acceptors (Lipinski definition) is 2. The maximum atomic E-state index is 12.1. The zero-order valence-electron chi connectivity index (χ0n) is 12.7. The summed E-state index contributed by atoms with van der Waals surface area (Å²) < 4.78 is 0. The Balaban J connectivity index is 1.63. The summed E-state index contributed by atoms with van der Waals surface area (Å²) in [6, 6.07) is 13.0. The second kappa shape index (κ2) is 7.02. The van der Waals surface area contributed by atoms with Crippen LogP contribution in [-0.4, -0.2) is 17.2 Å². The largest absolute Gasteiger partial charge is 0.393 e. The Labute approximate surface area is 140 Å². The van der Waals surface area contributed by atoms with Crippen LogP contribution < -0.4 is 10.6 Å². The van der Waals surface area contributed by atoms with Crippen molar-refractivity contribution >= 4 is 23.3 Å². The minimum absolute atomic E-state index is 0.256. The highest BCUT2D eigenvalue weighted by atomic mass is 35.5. The van der Waals surface area contributed by atoms with Gasteiger partial charge in [-0.05, 0) is 47.7 Å². The molecule has 0 bridgehead atoms. The van der Waals surface area contributed by atoms with Crippen LogP contribution >= 0.6 is 11.6 Å². The normalized spacial score (nSPS) is 16.5. The second-order valence-electron chi connectivity index (χ2n) is 5.77. The van der Waals surface area contributed by atoms with Gasteiger partial charge in [0.05, 0.1) is 6.10 Å². The lowest BCUT2D eigenvalue weighted by Crippen LogP contribution is -2.29. The molecular formula is C18H19ClN2O2. The molecule has 120 valence electrons. The van der Waals surface area contributed by atoms with E-state index in [4.69, 9.17) is 11.6 Å². The van der Waals surface area contributed by atoms with Gasteiger partial charge in [0.2, 0.25) is 0 Å². The van der Waals surface area contributed by atoms with Gasteiger partial charge in [-0.15, -0.1) is 0 Å². The number of aliphatic hydroxyl groups excluding tert-OH is 1. The summed E-state index contributed by atoms with van der Waals surface area (Å²) in [5.74, 6) is 0. The summed E-state index contributed by atoms with van der Waals surface area (Å²) in [5, 5.41) is 16.2. The highest BCUT2D eigenvalue weighted by Crippen LogP contribution is 2.28. The summed E-state index contributed by atoms with van der Waals surface area (Å²) in [6.45, 7) is 0.431. The molecule has 0 fully saturated rings. The SMILES string of the molecule is O=C(NCc1ccc(Cl)cc1)Nc1cccc2c1CC(O)CC2. The number of rotatable bonds is 3. The Morgan fingerprint density at radius 1 is 1.22 bits per heavy atom. The van der Waals surface area contributed by atoms with Crippen LogP contribution in [0, 0.1) is 0 Å². The number of amides is 2. The van der Waals surface area contributed by atoms with Crippen LogP contribution in [0.5, 0.6) is 0 Å². The van der Waals surface area contributed by atoms with E-state index in [1.807, 2.05) is 24.3 Å². The molecule has 2 amide bonds. The molecule has 1 unspecified atom stereocenters. The molecule has 0 saturated heterocycles. The molecule has 3 rings (SSSR count). The van der Waals surface area contributed by atoms with E-state index in [1.54, 1.807) is 12.1 Å². The van der Waals surface area contributed by atoms with Gasteiger partial charge in [0.25, 0.3) is 0 Å². The van der Waals surface area contributed by atoms with E-state index in [-0.39, 0.29) is 12.1 Å². The van der Waals surface area contributed by atoms with Crippen molar-refractivity contribution in [1.29, 1.82) is 0 Å². The summed E-state index contributed by atoms with van der Waals surface area (Å²) in [7, 11) is 0. The van der Waals surface area contributed by atoms with Crippen molar-refractivity contribution in [3.05, 3.63) is 64.2 Å². The summed E-state index contributed by atoms with van der Waals surface area (Å²) in [5.41, 5.74) is 3.99. The van der Waals surface area contributed by atoms with E-state index < -0.39 is 0 Å². The molecule has 0 spiro atoms. The maximum absolute atomic E-state index is 12.1. The Bertz CT molecular complexity index is 701. The van der Waals surface area contributed by atoms with Crippen molar-refractivity contribution in [1.82, 2.24) is 5.32 Å². The molecule has 1 aliphatic rings. The highest BCUT2D eigenvalue weighted by Gasteiger charge is 2.19. The molecule has 1 atom stereocenters. The summed E-state index contributed by atoms with van der Waals surface area (Å²) in [4.78, 5) is 12.1. The predicted octanol–water partition coefficient (Wildman–Crippen LogP) is 3.51. The zero-order chi connectivity index (χ0) is 16.2. The Hall–Kier alpha value is -2.04. The van der Waals surface area contributed by atoms with Crippen LogP contribution in [0.1, 0.15) is 23.1 Å². The number of hydrogen-bond donors (Lipinski definition) is 3. The quantitative estimate of drug-likeness (QED) is 0.806. The Morgan fingerprint density at radius 2 is 2.00 bits per heavy atom. The summed E-state index contributed by atoms with van der Waals surface area (Å²) >= 11 is 5.84. The van der Waals surface area contributed by atoms with Crippen LogP contribution in [0.15, 0.2) is 42.5 Å². The lowest BCUT2D eigenvalue weighted by Gasteiger charge is -2.23. The molecule has 0 saturated carbocycles. The van der Waals surface area contributed by atoms with E-state index in [0.29, 0.717) is 18.0 Å². The van der Waals surface area contributed by atoms with Gasteiger partial charge in [-0.25, -0.2) is 4.79 Å². The topological polar surface area (TPSA) is 61.4 Å². The van der Waals surface area contributed by atoms with Gasteiger partial charge < -0.3 is 15.7 Å². The molecule has 1 aliphatic carbocycles. The molecule has 2 aromatic carbocycles. The number of benzene rings is 2. The highest BCUT2D eigenvalue weighted by molar-refractivity contribution is 6.30. The fourth-order valence-corrected chi connectivity index (χ4v) is 2.96. The van der Waals surface area contributed by atoms with Gasteiger partial charge in [0.15, 0.2) is 0 Å². The summed E-state index contributed by atoms with van der Waals surface area (Å²) in [6.07, 6.45) is 1.88. The minimum atomic E-state index is -0.331. The van der Waals surface area contributed by atoms with Crippen LogP contribution in [0.2, 0.25) is 5.02 Å². The lowest BCUT2D eigenvalue weighted by molar-refractivity contribution is 0.159. The molecule has 0 radical (unpaired) electrons. The number of anilines is 1. The number of aliphatic hydroxyl groups is 1. The van der Waals surface area contributed by atoms with Crippen molar-refractivity contribution in [3.63, 3.8) is 0 Å². The Kier molecular flexibility index (Phi) is 4.84. The van der Waals surface area contributed by atoms with Gasteiger partial charge in [-0.3, -0.25) is 0 Å². The third kappa shape index (κ3) is 4.03. The first kappa shape index (κ1) is 15.8.